The van der Waals surface area contributed by atoms with Gasteiger partial charge in [0, 0.05) is 125 Å². The molecule has 2 aliphatic rings. The average Bonchev–Trinajstić information content (AvgIpc) is 1.79. The van der Waals surface area contributed by atoms with Gasteiger partial charge in [-0.05, 0) is 86.6 Å². The highest BCUT2D eigenvalue weighted by Crippen LogP contribution is 2.26. The molecule has 8 rings (SSSR count). The Balaban J connectivity index is 1.15. The molecule has 2 saturated heterocycles. The van der Waals surface area contributed by atoms with E-state index in [1.54, 1.807) is 118 Å². The largest absolute Gasteiger partial charge is 0.394 e. The van der Waals surface area contributed by atoms with Gasteiger partial charge >= 0.3 is 0 Å². The van der Waals surface area contributed by atoms with E-state index < -0.39 is 206 Å². The number of carbonyl (C=O) groups excluding carboxylic acids is 16. The summed E-state index contributed by atoms with van der Waals surface area (Å²) in [6, 6.07) is 3.95. The molecule has 6 aromatic rings. The number of allylic oxidation sites excluding steroid dienone is 1. The molecule has 0 bridgehead atoms. The van der Waals surface area contributed by atoms with E-state index in [2.05, 4.69) is 73.1 Å². The van der Waals surface area contributed by atoms with Crippen molar-refractivity contribution < 1.29 is 86.9 Å². The van der Waals surface area contributed by atoms with Gasteiger partial charge in [0.15, 0.2) is 0 Å². The van der Waals surface area contributed by atoms with Crippen molar-refractivity contribution in [2.75, 3.05) is 79.1 Å². The van der Waals surface area contributed by atoms with E-state index in [1.807, 2.05) is 6.92 Å². The van der Waals surface area contributed by atoms with Crippen molar-refractivity contribution in [3.05, 3.63) is 138 Å². The van der Waals surface area contributed by atoms with Crippen LogP contribution in [-0.2, 0) is 102 Å². The normalized spacial score (nSPS) is 24.1. The maximum absolute atomic E-state index is 15.5. The fourth-order valence-corrected chi connectivity index (χ4v) is 16.0. The Hall–Kier alpha value is -12.6. The molecule has 127 heavy (non-hydrogen) atoms. The third-order valence-corrected chi connectivity index (χ3v) is 23.4. The Morgan fingerprint density at radius 3 is 1.75 bits per heavy atom. The van der Waals surface area contributed by atoms with Crippen LogP contribution in [0.2, 0.25) is 0 Å². The van der Waals surface area contributed by atoms with Gasteiger partial charge in [-0.1, -0.05) is 119 Å². The number of thioether (sulfide) groups is 1. The van der Waals surface area contributed by atoms with Gasteiger partial charge in [0.25, 0.3) is 0 Å². The molecular formula is C87H121N21O18S. The standard InChI is InChI=1S/C87H121N21O18S/c1-10-12-28-69-81(120)102-67(47-110)80(119)103-68(76(115)94-44-73(89)112)48-127-35-33-91-63(37-52-22-15-14-16-23-52)84(123)105(7)51(5)75(114)97-60(31-32-72(88)111)86(125)108-34-21-30-70(108)82(121)98-62(40-55-43-90-49-95-55)78(117)99-64(36-50(3)4)83(122)104(6)45-74(113)96-61(38-53-41-92-58-26-19-17-24-56(53)58)77(116)101-66(46-109)79(118)100-65(39-54-42-93-59-27-20-18-25-57(54)59)85(124)107(9)71(29-13-11-2)87(126)106(69)8/h13-20,22-27,29,41-43,49-51,60-71,91-93,109-110H,10-12,21,28,30-40,44-48H2,1-9H3,(H2,88,111)(H2,89,112)(H,90,95)(H,94,115)(H,96,113)(H,97,114)(H,98,121)(H,99,117)(H,100,118)(H,101,116)(H,102,120)(H,103,119)/b29-13+/t51-,60-,61-,62-,63-,64-,65-,66-,67-,68-,69-,70-,71-/m0/s1. The number of aromatic nitrogens is 4. The second-order valence-electron chi connectivity index (χ2n) is 32.3. The first-order valence-corrected chi connectivity index (χ1v) is 43.7. The van der Waals surface area contributed by atoms with E-state index in [-0.39, 0.29) is 88.3 Å². The Morgan fingerprint density at radius 2 is 1.15 bits per heavy atom. The molecule has 16 amide bonds. The first-order valence-electron chi connectivity index (χ1n) is 42.6. The van der Waals surface area contributed by atoms with Gasteiger partial charge in [-0.25, -0.2) is 4.98 Å². The lowest BCUT2D eigenvalue weighted by atomic mass is 10.0. The molecule has 0 unspecified atom stereocenters. The number of aliphatic hydroxyl groups excluding tert-OH is 2. The van der Waals surface area contributed by atoms with Gasteiger partial charge in [0.2, 0.25) is 94.5 Å². The van der Waals surface area contributed by atoms with Gasteiger partial charge in [-0.2, -0.15) is 11.8 Å². The third-order valence-electron chi connectivity index (χ3n) is 22.3. The number of hydrogen-bond donors (Lipinski definition) is 17. The second kappa shape index (κ2) is 48.8. The van der Waals surface area contributed by atoms with Crippen LogP contribution in [0.25, 0.3) is 21.8 Å². The molecule has 13 atom stereocenters. The Labute approximate surface area is 740 Å². The van der Waals surface area contributed by atoms with Gasteiger partial charge in [-0.3, -0.25) is 76.7 Å². The van der Waals surface area contributed by atoms with Crippen LogP contribution < -0.4 is 64.6 Å². The maximum Gasteiger partial charge on any atom is 0.249 e. The van der Waals surface area contributed by atoms with Crippen molar-refractivity contribution in [3.63, 3.8) is 0 Å². The number of H-pyrrole nitrogens is 3. The minimum absolute atomic E-state index is 0.00692. The molecule has 39 nitrogen and oxygen atoms in total. The Kier molecular flexibility index (Phi) is 38.4. The van der Waals surface area contributed by atoms with Gasteiger partial charge in [0.1, 0.15) is 72.5 Å². The summed E-state index contributed by atoms with van der Waals surface area (Å²) in [6.07, 6.45) is 9.14. The number of rotatable bonds is 23. The van der Waals surface area contributed by atoms with Gasteiger partial charge in [0.05, 0.1) is 38.7 Å². The number of benzene rings is 3. The van der Waals surface area contributed by atoms with Crippen molar-refractivity contribution in [3.8, 4) is 0 Å². The van der Waals surface area contributed by atoms with Crippen LogP contribution in [0.1, 0.15) is 115 Å². The molecule has 19 N–H and O–H groups in total. The monoisotopic (exact) mass is 1780 g/mol. The molecule has 0 saturated carbocycles. The highest BCUT2D eigenvalue weighted by molar-refractivity contribution is 7.99. The summed E-state index contributed by atoms with van der Waals surface area (Å²) in [5, 5.41) is 50.2. The van der Waals surface area contributed by atoms with Crippen LogP contribution in [0.5, 0.6) is 0 Å². The van der Waals surface area contributed by atoms with Gasteiger partial charge in [-0.15, -0.1) is 0 Å². The predicted molar refractivity (Wildman–Crippen MR) is 472 cm³/mol. The summed E-state index contributed by atoms with van der Waals surface area (Å²) in [5.74, 6) is -14.4. The zero-order valence-electron chi connectivity index (χ0n) is 73.1. The van der Waals surface area contributed by atoms with Crippen molar-refractivity contribution in [1.82, 2.24) is 97.6 Å². The summed E-state index contributed by atoms with van der Waals surface area (Å²) in [6.45, 7) is 5.12. The molecule has 2 fully saturated rings. The van der Waals surface area contributed by atoms with Crippen molar-refractivity contribution in [2.45, 2.75) is 197 Å². The highest BCUT2D eigenvalue weighted by atomic mass is 32.2. The van der Waals surface area contributed by atoms with Crippen LogP contribution in [0.4, 0.5) is 0 Å². The number of unbranched alkanes of at least 4 members (excludes halogenated alkanes) is 1. The number of primary amides is 2. The van der Waals surface area contributed by atoms with E-state index >= 15 is 14.4 Å². The molecule has 0 radical (unpaired) electrons. The molecule has 3 aromatic carbocycles. The zero-order valence-corrected chi connectivity index (χ0v) is 73.9. The molecular weight excluding hydrogens is 1660 g/mol. The van der Waals surface area contributed by atoms with Crippen LogP contribution >= 0.6 is 11.8 Å². The van der Waals surface area contributed by atoms with E-state index in [4.69, 9.17) is 11.5 Å². The quantitative estimate of drug-likeness (QED) is 0.0316. The van der Waals surface area contributed by atoms with E-state index in [0.29, 0.717) is 63.5 Å². The first-order chi connectivity index (χ1) is 60.7. The molecule has 2 aliphatic heterocycles. The summed E-state index contributed by atoms with van der Waals surface area (Å²) < 4.78 is 0. The maximum atomic E-state index is 15.5. The number of amides is 16. The Bertz CT molecular complexity index is 4850. The van der Waals surface area contributed by atoms with Crippen LogP contribution in [-0.4, -0.2) is 307 Å². The number of carbonyl (C=O) groups is 16. The van der Waals surface area contributed by atoms with E-state index in [0.717, 1.165) is 31.4 Å². The minimum Gasteiger partial charge on any atom is -0.394 e. The predicted octanol–water partition coefficient (Wildman–Crippen LogP) is -1.77. The number of para-hydroxylation sites is 2. The topological polar surface area (TPSA) is 562 Å². The third kappa shape index (κ3) is 28.5. The SMILES string of the molecule is CC/C=C/[C@H]1C(=O)N(C)[C@@H](CCCC)C(=O)N[C@@H](CO)C(=O)N[C@H](C(=O)NCC(N)=O)CSCCN[C@@H](Cc2ccccc2)C(=O)N(C)[C@@H](C)C(=O)N[C@@H](CCC(N)=O)C(=O)N2CCC[C@H]2C(=O)N[C@@H](Cc2cnc[nH]2)C(=O)N[C@@H](CC(C)C)C(=O)N(C)CC(=O)N[C@@H](Cc2c[nH]c3ccccc23)C(=O)N[C@@H](CO)C(=O)N[C@@H](Cc2c[nH]c3ccccc23)C(=O)N1C. The number of fused-ring (bicyclic) bond motifs is 3. The lowest BCUT2D eigenvalue weighted by molar-refractivity contribution is -0.147. The summed E-state index contributed by atoms with van der Waals surface area (Å²) in [7, 11) is 5.29. The molecule has 0 spiro atoms. The van der Waals surface area contributed by atoms with Crippen molar-refractivity contribution in [2.24, 2.45) is 17.4 Å². The number of nitrogens with one attached hydrogen (secondary N) is 13. The first kappa shape index (κ1) is 99.9. The fraction of sp³-hybridized carbons (Fsp3) is 0.506. The number of aliphatic hydroxyl groups is 2. The number of likely N-dealkylation sites (N-methyl/N-ethyl adjacent to an activating group) is 4. The van der Waals surface area contributed by atoms with Crippen LogP contribution in [0.15, 0.2) is 116 Å². The van der Waals surface area contributed by atoms with Crippen LogP contribution in [0.3, 0.4) is 0 Å². The summed E-state index contributed by atoms with van der Waals surface area (Å²) >= 11 is 1.11. The summed E-state index contributed by atoms with van der Waals surface area (Å²) in [4.78, 5) is 251. The van der Waals surface area contributed by atoms with Gasteiger partial charge < -0.3 is 114 Å². The average molecular weight is 1780 g/mol. The Morgan fingerprint density at radius 1 is 0.583 bits per heavy atom. The van der Waals surface area contributed by atoms with E-state index in [1.165, 1.54) is 58.6 Å². The van der Waals surface area contributed by atoms with E-state index in [9.17, 15) is 72.5 Å². The fourth-order valence-electron chi connectivity index (χ4n) is 15.1. The van der Waals surface area contributed by atoms with Crippen molar-refractivity contribution >= 4 is 128 Å². The number of nitrogens with zero attached hydrogens (tertiary/aromatic N) is 6. The number of aromatic amines is 3. The lowest BCUT2D eigenvalue weighted by Crippen LogP contribution is -2.61. The molecule has 5 heterocycles. The molecule has 688 valence electrons. The number of nitrogens with two attached hydrogens (primary N) is 2. The molecule has 3 aromatic heterocycles. The molecule has 40 heteroatoms. The highest BCUT2D eigenvalue weighted by Gasteiger charge is 2.43. The molecule has 0 aliphatic carbocycles. The minimum atomic E-state index is -1.85. The zero-order chi connectivity index (χ0) is 92.7. The number of imidazole rings is 1. The lowest BCUT2D eigenvalue weighted by Gasteiger charge is -2.35. The number of hydrogen-bond acceptors (Lipinski definition) is 21. The van der Waals surface area contributed by atoms with Crippen molar-refractivity contribution in [1.29, 1.82) is 0 Å². The summed E-state index contributed by atoms with van der Waals surface area (Å²) in [5.41, 5.74) is 14.5. The second-order valence-corrected chi connectivity index (χ2v) is 33.4. The smallest absolute Gasteiger partial charge is 0.249 e. The van der Waals surface area contributed by atoms with Crippen LogP contribution in [0, 0.1) is 5.92 Å².